The number of hydrogen-bond donors (Lipinski definition) is 0. The monoisotopic (exact) mass is 212 g/mol. The fourth-order valence-electron chi connectivity index (χ4n) is 1.48. The standard InChI is InChI=1S/C9H12N2O2S/c1-6-3-10-9(13-6)8-4-14-5-11(8)7(2)12/h3,8H,4-5H2,1-2H3. The van der Waals surface area contributed by atoms with Crippen molar-refractivity contribution in [3.8, 4) is 0 Å². The van der Waals surface area contributed by atoms with Crippen LogP contribution in [0.4, 0.5) is 0 Å². The van der Waals surface area contributed by atoms with Crippen molar-refractivity contribution in [2.45, 2.75) is 19.9 Å². The number of hydrogen-bond acceptors (Lipinski definition) is 4. The summed E-state index contributed by atoms with van der Waals surface area (Å²) in [5.41, 5.74) is 0. The Morgan fingerprint density at radius 1 is 1.79 bits per heavy atom. The fraction of sp³-hybridized carbons (Fsp3) is 0.556. The minimum atomic E-state index is 0.0196. The van der Waals surface area contributed by atoms with Crippen LogP contribution >= 0.6 is 11.8 Å². The molecule has 0 aliphatic carbocycles. The van der Waals surface area contributed by atoms with Gasteiger partial charge in [-0.25, -0.2) is 4.98 Å². The van der Waals surface area contributed by atoms with Crippen molar-refractivity contribution in [3.05, 3.63) is 17.8 Å². The van der Waals surface area contributed by atoms with Gasteiger partial charge in [0, 0.05) is 12.7 Å². The lowest BCUT2D eigenvalue weighted by atomic mass is 10.3. The van der Waals surface area contributed by atoms with E-state index in [-0.39, 0.29) is 11.9 Å². The van der Waals surface area contributed by atoms with Crippen LogP contribution in [-0.4, -0.2) is 27.4 Å². The molecule has 0 spiro atoms. The van der Waals surface area contributed by atoms with Crippen molar-refractivity contribution in [3.63, 3.8) is 0 Å². The Labute approximate surface area is 86.7 Å². The van der Waals surface area contributed by atoms with Gasteiger partial charge in [0.25, 0.3) is 0 Å². The molecule has 0 saturated carbocycles. The smallest absolute Gasteiger partial charge is 0.220 e. The van der Waals surface area contributed by atoms with Crippen LogP contribution in [0.5, 0.6) is 0 Å². The molecule has 76 valence electrons. The first-order valence-corrected chi connectivity index (χ1v) is 5.61. The summed E-state index contributed by atoms with van der Waals surface area (Å²) in [7, 11) is 0. The second-order valence-electron chi connectivity index (χ2n) is 3.31. The summed E-state index contributed by atoms with van der Waals surface area (Å²) < 4.78 is 5.43. The zero-order valence-corrected chi connectivity index (χ0v) is 9.00. The quantitative estimate of drug-likeness (QED) is 0.709. The Hall–Kier alpha value is -0.970. The summed E-state index contributed by atoms with van der Waals surface area (Å²) in [6.07, 6.45) is 1.69. The molecule has 1 aliphatic rings. The molecule has 1 aromatic heterocycles. The third-order valence-corrected chi connectivity index (χ3v) is 3.22. The summed E-state index contributed by atoms with van der Waals surface area (Å²) in [6.45, 7) is 3.44. The van der Waals surface area contributed by atoms with Gasteiger partial charge in [-0.2, -0.15) is 0 Å². The van der Waals surface area contributed by atoms with E-state index < -0.39 is 0 Å². The maximum Gasteiger partial charge on any atom is 0.220 e. The molecule has 1 aromatic rings. The molecule has 0 N–H and O–H groups in total. The predicted molar refractivity (Wildman–Crippen MR) is 53.8 cm³/mol. The zero-order valence-electron chi connectivity index (χ0n) is 8.19. The normalized spacial score (nSPS) is 21.6. The molecule has 4 nitrogen and oxygen atoms in total. The van der Waals surface area contributed by atoms with E-state index in [1.54, 1.807) is 29.8 Å². The third-order valence-electron chi connectivity index (χ3n) is 2.21. The van der Waals surface area contributed by atoms with Crippen LogP contribution < -0.4 is 0 Å². The van der Waals surface area contributed by atoms with Gasteiger partial charge >= 0.3 is 0 Å². The van der Waals surface area contributed by atoms with Crippen molar-refractivity contribution in [2.24, 2.45) is 0 Å². The highest BCUT2D eigenvalue weighted by Gasteiger charge is 2.31. The Morgan fingerprint density at radius 3 is 3.14 bits per heavy atom. The molecule has 0 aromatic carbocycles. The van der Waals surface area contributed by atoms with Crippen molar-refractivity contribution < 1.29 is 9.21 Å². The minimum absolute atomic E-state index is 0.0196. The van der Waals surface area contributed by atoms with Gasteiger partial charge < -0.3 is 9.32 Å². The molecular formula is C9H12N2O2S. The number of thioether (sulfide) groups is 1. The van der Waals surface area contributed by atoms with Gasteiger partial charge in [-0.1, -0.05) is 0 Å². The fourth-order valence-corrected chi connectivity index (χ4v) is 2.69. The topological polar surface area (TPSA) is 46.3 Å². The van der Waals surface area contributed by atoms with Crippen molar-refractivity contribution in [1.29, 1.82) is 0 Å². The lowest BCUT2D eigenvalue weighted by Crippen LogP contribution is -2.28. The van der Waals surface area contributed by atoms with Gasteiger partial charge in [0.05, 0.1) is 12.1 Å². The number of aryl methyl sites for hydroxylation is 1. The lowest BCUT2D eigenvalue weighted by Gasteiger charge is -2.18. The Morgan fingerprint density at radius 2 is 2.57 bits per heavy atom. The van der Waals surface area contributed by atoms with Crippen molar-refractivity contribution in [1.82, 2.24) is 9.88 Å². The molecule has 1 amide bonds. The highest BCUT2D eigenvalue weighted by molar-refractivity contribution is 7.99. The van der Waals surface area contributed by atoms with Gasteiger partial charge in [-0.3, -0.25) is 4.79 Å². The molecule has 2 rings (SSSR count). The summed E-state index contributed by atoms with van der Waals surface area (Å²) in [6, 6.07) is 0.0196. The zero-order chi connectivity index (χ0) is 10.1. The summed E-state index contributed by atoms with van der Waals surface area (Å²) in [5, 5.41) is 0. The molecule has 0 radical (unpaired) electrons. The Balaban J connectivity index is 2.21. The highest BCUT2D eigenvalue weighted by atomic mass is 32.2. The number of carbonyl (C=O) groups excluding carboxylic acids is 1. The van der Waals surface area contributed by atoms with Crippen LogP contribution in [0.25, 0.3) is 0 Å². The lowest BCUT2D eigenvalue weighted by molar-refractivity contribution is -0.129. The SMILES string of the molecule is CC(=O)N1CSCC1c1ncc(C)o1. The van der Waals surface area contributed by atoms with Crippen LogP contribution in [0.3, 0.4) is 0 Å². The van der Waals surface area contributed by atoms with Gasteiger partial charge in [0.2, 0.25) is 11.8 Å². The highest BCUT2D eigenvalue weighted by Crippen LogP contribution is 2.32. The summed E-state index contributed by atoms with van der Waals surface area (Å²) in [4.78, 5) is 17.2. The second-order valence-corrected chi connectivity index (χ2v) is 4.31. The van der Waals surface area contributed by atoms with Crippen LogP contribution in [0.2, 0.25) is 0 Å². The van der Waals surface area contributed by atoms with Gasteiger partial charge in [-0.15, -0.1) is 11.8 Å². The molecule has 5 heteroatoms. The number of nitrogens with zero attached hydrogens (tertiary/aromatic N) is 2. The number of amides is 1. The van der Waals surface area contributed by atoms with E-state index in [1.165, 1.54) is 0 Å². The average molecular weight is 212 g/mol. The number of carbonyl (C=O) groups is 1. The van der Waals surface area contributed by atoms with Crippen LogP contribution in [0, 0.1) is 6.92 Å². The Kier molecular flexibility index (Phi) is 2.50. The van der Waals surface area contributed by atoms with E-state index in [9.17, 15) is 4.79 Å². The van der Waals surface area contributed by atoms with Gasteiger partial charge in [0.15, 0.2) is 0 Å². The number of oxazole rings is 1. The maximum atomic E-state index is 11.3. The van der Waals surface area contributed by atoms with Crippen molar-refractivity contribution in [2.75, 3.05) is 11.6 Å². The van der Waals surface area contributed by atoms with E-state index in [0.29, 0.717) is 5.89 Å². The largest absolute Gasteiger partial charge is 0.444 e. The molecule has 1 unspecified atom stereocenters. The first-order valence-electron chi connectivity index (χ1n) is 4.46. The first kappa shape index (κ1) is 9.58. The van der Waals surface area contributed by atoms with Crippen LogP contribution in [0.1, 0.15) is 24.6 Å². The third kappa shape index (κ3) is 1.64. The summed E-state index contributed by atoms with van der Waals surface area (Å²) in [5.74, 6) is 3.14. The maximum absolute atomic E-state index is 11.3. The van der Waals surface area contributed by atoms with E-state index in [4.69, 9.17) is 4.42 Å². The molecule has 2 heterocycles. The summed E-state index contributed by atoms with van der Waals surface area (Å²) >= 11 is 1.73. The average Bonchev–Trinajstić information content (AvgIpc) is 2.70. The van der Waals surface area contributed by atoms with E-state index in [0.717, 1.165) is 17.4 Å². The molecule has 1 atom stereocenters. The van der Waals surface area contributed by atoms with E-state index in [1.807, 2.05) is 6.92 Å². The molecule has 0 bridgehead atoms. The number of aromatic nitrogens is 1. The van der Waals surface area contributed by atoms with Crippen LogP contribution in [0.15, 0.2) is 10.6 Å². The molecular weight excluding hydrogens is 200 g/mol. The molecule has 1 saturated heterocycles. The van der Waals surface area contributed by atoms with Gasteiger partial charge in [0.1, 0.15) is 11.8 Å². The van der Waals surface area contributed by atoms with Crippen molar-refractivity contribution >= 4 is 17.7 Å². The predicted octanol–water partition coefficient (Wildman–Crippen LogP) is 1.58. The molecule has 1 aliphatic heterocycles. The van der Waals surface area contributed by atoms with Gasteiger partial charge in [-0.05, 0) is 6.92 Å². The first-order chi connectivity index (χ1) is 6.68. The van der Waals surface area contributed by atoms with Crippen LogP contribution in [-0.2, 0) is 4.79 Å². The second kappa shape index (κ2) is 3.65. The number of rotatable bonds is 1. The molecule has 14 heavy (non-hydrogen) atoms. The molecule has 1 fully saturated rings. The van der Waals surface area contributed by atoms with E-state index in [2.05, 4.69) is 4.98 Å². The Bertz CT molecular complexity index is 350. The minimum Gasteiger partial charge on any atom is -0.444 e. The van der Waals surface area contributed by atoms with E-state index >= 15 is 0 Å².